The first-order valence-corrected chi connectivity index (χ1v) is 9.48. The Morgan fingerprint density at radius 1 is 0.905 bits per heavy atom. The minimum atomic E-state index is 0.781. The molecule has 3 heteroatoms. The molecule has 1 aliphatic carbocycles. The van der Waals surface area contributed by atoms with Crippen LogP contribution in [0.4, 0.5) is 0 Å². The molecular formula is C18H37N3. The van der Waals surface area contributed by atoms with Crippen LogP contribution in [0, 0.1) is 11.8 Å². The lowest BCUT2D eigenvalue weighted by Gasteiger charge is -2.29. The van der Waals surface area contributed by atoms with E-state index in [1.165, 1.54) is 97.2 Å². The third-order valence-corrected chi connectivity index (χ3v) is 5.18. The monoisotopic (exact) mass is 295 g/mol. The molecule has 0 amide bonds. The molecule has 1 saturated heterocycles. The highest BCUT2D eigenvalue weighted by Crippen LogP contribution is 2.26. The van der Waals surface area contributed by atoms with E-state index in [9.17, 15) is 0 Å². The van der Waals surface area contributed by atoms with E-state index in [0.29, 0.717) is 0 Å². The van der Waals surface area contributed by atoms with E-state index < -0.39 is 0 Å². The van der Waals surface area contributed by atoms with Crippen LogP contribution >= 0.6 is 0 Å². The zero-order chi connectivity index (χ0) is 14.8. The lowest BCUT2D eigenvalue weighted by atomic mass is 9.87. The van der Waals surface area contributed by atoms with Gasteiger partial charge in [0.2, 0.25) is 0 Å². The fourth-order valence-electron chi connectivity index (χ4n) is 3.88. The Morgan fingerprint density at radius 2 is 1.67 bits per heavy atom. The van der Waals surface area contributed by atoms with Gasteiger partial charge in [-0.3, -0.25) is 0 Å². The largest absolute Gasteiger partial charge is 0.317 e. The van der Waals surface area contributed by atoms with E-state index in [-0.39, 0.29) is 0 Å². The average Bonchev–Trinajstić information content (AvgIpc) is 2.50. The molecule has 0 aromatic heterocycles. The lowest BCUT2D eigenvalue weighted by Crippen LogP contribution is -2.38. The molecule has 1 unspecified atom stereocenters. The number of nitrogens with zero attached hydrogens (tertiary/aromatic N) is 1. The Kier molecular flexibility index (Phi) is 8.68. The van der Waals surface area contributed by atoms with Gasteiger partial charge >= 0.3 is 0 Å². The fraction of sp³-hybridized carbons (Fsp3) is 1.00. The standard InChI is InChI=1S/C18H37N3/c1-17-15-20-11-5-10-19-12-6-13-21(16-17)14-9-18-7-3-2-4-8-18/h17-20H,2-16H2,1H3. The molecule has 21 heavy (non-hydrogen) atoms. The molecule has 0 radical (unpaired) electrons. The smallest absolute Gasteiger partial charge is 0.00192 e. The summed E-state index contributed by atoms with van der Waals surface area (Å²) in [5, 5.41) is 7.19. The summed E-state index contributed by atoms with van der Waals surface area (Å²) >= 11 is 0. The number of hydrogen-bond donors (Lipinski definition) is 2. The van der Waals surface area contributed by atoms with Gasteiger partial charge in [0.25, 0.3) is 0 Å². The summed E-state index contributed by atoms with van der Waals surface area (Å²) in [6.07, 6.45) is 11.4. The van der Waals surface area contributed by atoms with Crippen molar-refractivity contribution in [3.63, 3.8) is 0 Å². The van der Waals surface area contributed by atoms with E-state index in [0.717, 1.165) is 11.8 Å². The van der Waals surface area contributed by atoms with Crippen LogP contribution in [0.15, 0.2) is 0 Å². The Labute approximate surface area is 132 Å². The first-order chi connectivity index (χ1) is 10.3. The van der Waals surface area contributed by atoms with Crippen LogP contribution in [0.5, 0.6) is 0 Å². The highest BCUT2D eigenvalue weighted by molar-refractivity contribution is 4.71. The quantitative estimate of drug-likeness (QED) is 0.838. The third kappa shape index (κ3) is 7.62. The van der Waals surface area contributed by atoms with Crippen LogP contribution in [0.3, 0.4) is 0 Å². The Morgan fingerprint density at radius 3 is 2.52 bits per heavy atom. The van der Waals surface area contributed by atoms with E-state index in [4.69, 9.17) is 0 Å². The van der Waals surface area contributed by atoms with Crippen molar-refractivity contribution in [2.45, 2.75) is 58.3 Å². The van der Waals surface area contributed by atoms with Gasteiger partial charge in [0.1, 0.15) is 0 Å². The summed E-state index contributed by atoms with van der Waals surface area (Å²) < 4.78 is 0. The van der Waals surface area contributed by atoms with Crippen molar-refractivity contribution in [2.24, 2.45) is 11.8 Å². The van der Waals surface area contributed by atoms with E-state index in [1.54, 1.807) is 0 Å². The van der Waals surface area contributed by atoms with E-state index >= 15 is 0 Å². The van der Waals surface area contributed by atoms with Gasteiger partial charge < -0.3 is 15.5 Å². The molecule has 0 bridgehead atoms. The van der Waals surface area contributed by atoms with Crippen molar-refractivity contribution in [1.29, 1.82) is 0 Å². The molecule has 124 valence electrons. The van der Waals surface area contributed by atoms with Gasteiger partial charge in [-0.2, -0.15) is 0 Å². The van der Waals surface area contributed by atoms with Gasteiger partial charge in [-0.15, -0.1) is 0 Å². The molecule has 1 saturated carbocycles. The lowest BCUT2D eigenvalue weighted by molar-refractivity contribution is 0.202. The Bertz CT molecular complexity index is 251. The van der Waals surface area contributed by atoms with Gasteiger partial charge in [-0.1, -0.05) is 39.0 Å². The maximum atomic E-state index is 3.61. The van der Waals surface area contributed by atoms with Crippen LogP contribution in [-0.4, -0.2) is 50.7 Å². The van der Waals surface area contributed by atoms with Gasteiger partial charge in [0.15, 0.2) is 0 Å². The highest BCUT2D eigenvalue weighted by atomic mass is 15.1. The number of nitrogens with one attached hydrogen (secondary N) is 2. The second-order valence-corrected chi connectivity index (χ2v) is 7.36. The van der Waals surface area contributed by atoms with Crippen molar-refractivity contribution in [2.75, 3.05) is 45.8 Å². The molecular weight excluding hydrogens is 258 g/mol. The van der Waals surface area contributed by atoms with Crippen LogP contribution in [0.2, 0.25) is 0 Å². The molecule has 0 spiro atoms. The topological polar surface area (TPSA) is 27.3 Å². The van der Waals surface area contributed by atoms with Gasteiger partial charge in [0.05, 0.1) is 0 Å². The summed E-state index contributed by atoms with van der Waals surface area (Å²) in [7, 11) is 0. The molecule has 2 rings (SSSR count). The van der Waals surface area contributed by atoms with Gasteiger partial charge in [-0.05, 0) is 70.4 Å². The predicted molar refractivity (Wildman–Crippen MR) is 91.8 cm³/mol. The molecule has 1 aliphatic heterocycles. The van der Waals surface area contributed by atoms with Crippen LogP contribution in [0.25, 0.3) is 0 Å². The minimum Gasteiger partial charge on any atom is -0.317 e. The van der Waals surface area contributed by atoms with Crippen LogP contribution in [-0.2, 0) is 0 Å². The first-order valence-electron chi connectivity index (χ1n) is 9.48. The van der Waals surface area contributed by atoms with E-state index in [2.05, 4.69) is 22.5 Å². The summed E-state index contributed by atoms with van der Waals surface area (Å²) in [5.41, 5.74) is 0. The van der Waals surface area contributed by atoms with Crippen LogP contribution in [0.1, 0.15) is 58.3 Å². The van der Waals surface area contributed by atoms with Crippen molar-refractivity contribution in [1.82, 2.24) is 15.5 Å². The zero-order valence-electron chi connectivity index (χ0n) is 14.2. The van der Waals surface area contributed by atoms with E-state index in [1.807, 2.05) is 0 Å². The maximum absolute atomic E-state index is 3.61. The number of hydrogen-bond acceptors (Lipinski definition) is 3. The maximum Gasteiger partial charge on any atom is 0.00192 e. The predicted octanol–water partition coefficient (Wildman–Crippen LogP) is 2.87. The molecule has 1 heterocycles. The summed E-state index contributed by atoms with van der Waals surface area (Å²) in [6.45, 7) is 11.0. The van der Waals surface area contributed by atoms with Crippen molar-refractivity contribution in [3.05, 3.63) is 0 Å². The van der Waals surface area contributed by atoms with Gasteiger partial charge in [-0.25, -0.2) is 0 Å². The normalized spacial score (nSPS) is 28.7. The minimum absolute atomic E-state index is 0.781. The zero-order valence-corrected chi connectivity index (χ0v) is 14.2. The highest BCUT2D eigenvalue weighted by Gasteiger charge is 2.16. The Balaban J connectivity index is 1.72. The fourth-order valence-corrected chi connectivity index (χ4v) is 3.88. The average molecular weight is 296 g/mol. The SMILES string of the molecule is CC1CNCCCNCCCN(CCC2CCCCC2)C1. The summed E-state index contributed by atoms with van der Waals surface area (Å²) in [5.74, 6) is 1.80. The Hall–Kier alpha value is -0.120. The first kappa shape index (κ1) is 17.2. The molecule has 0 aromatic rings. The second-order valence-electron chi connectivity index (χ2n) is 7.36. The summed E-state index contributed by atoms with van der Waals surface area (Å²) in [4.78, 5) is 2.74. The van der Waals surface area contributed by atoms with Crippen molar-refractivity contribution < 1.29 is 0 Å². The third-order valence-electron chi connectivity index (χ3n) is 5.18. The van der Waals surface area contributed by atoms with Gasteiger partial charge in [0, 0.05) is 6.54 Å². The molecule has 3 nitrogen and oxygen atoms in total. The molecule has 0 aromatic carbocycles. The summed E-state index contributed by atoms with van der Waals surface area (Å²) in [6, 6.07) is 0. The van der Waals surface area contributed by atoms with Crippen molar-refractivity contribution in [3.8, 4) is 0 Å². The molecule has 2 N–H and O–H groups in total. The van der Waals surface area contributed by atoms with Crippen molar-refractivity contribution >= 4 is 0 Å². The molecule has 1 atom stereocenters. The van der Waals surface area contributed by atoms with Crippen LogP contribution < -0.4 is 10.6 Å². The molecule has 2 fully saturated rings. The second kappa shape index (κ2) is 10.6. The number of rotatable bonds is 3. The molecule has 2 aliphatic rings.